The molecule has 0 aromatic heterocycles. The fraction of sp³-hybridized carbons (Fsp3) is 0.462. The molecule has 0 radical (unpaired) electrons. The third-order valence-electron chi connectivity index (χ3n) is 2.87. The number of carbonyl (C=O) groups is 1. The van der Waals surface area contributed by atoms with Gasteiger partial charge < -0.3 is 11.1 Å². The maximum Gasteiger partial charge on any atom is 0.224 e. The maximum absolute atomic E-state index is 11.6. The van der Waals surface area contributed by atoms with Gasteiger partial charge in [-0.3, -0.25) is 4.79 Å². The van der Waals surface area contributed by atoms with Crippen LogP contribution in [0.2, 0.25) is 0 Å². The first-order chi connectivity index (χ1) is 7.65. The van der Waals surface area contributed by atoms with Crippen molar-refractivity contribution in [3.05, 3.63) is 29.8 Å². The average molecular weight is 218 g/mol. The number of rotatable bonds is 4. The second-order valence-electron chi connectivity index (χ2n) is 4.61. The van der Waals surface area contributed by atoms with Crippen molar-refractivity contribution >= 4 is 11.6 Å². The Labute approximate surface area is 96.0 Å². The molecule has 3 nitrogen and oxygen atoms in total. The minimum absolute atomic E-state index is 0.000263. The highest BCUT2D eigenvalue weighted by Gasteiger charge is 2.24. The molecule has 3 N–H and O–H groups in total. The van der Waals surface area contributed by atoms with E-state index in [0.29, 0.717) is 12.3 Å². The highest BCUT2D eigenvalue weighted by Crippen LogP contribution is 2.32. The lowest BCUT2D eigenvalue weighted by molar-refractivity contribution is -0.116. The molecule has 1 saturated carbocycles. The van der Waals surface area contributed by atoms with Gasteiger partial charge in [0.05, 0.1) is 0 Å². The lowest BCUT2D eigenvalue weighted by atomic mass is 10.1. The van der Waals surface area contributed by atoms with Gasteiger partial charge in [0.1, 0.15) is 0 Å². The summed E-state index contributed by atoms with van der Waals surface area (Å²) < 4.78 is 0. The zero-order valence-electron chi connectivity index (χ0n) is 9.57. The second-order valence-corrected chi connectivity index (χ2v) is 4.61. The van der Waals surface area contributed by atoms with Crippen LogP contribution in [0.15, 0.2) is 24.3 Å². The summed E-state index contributed by atoms with van der Waals surface area (Å²) in [5.74, 6) is 0.737. The molecule has 1 fully saturated rings. The molecule has 3 heteroatoms. The van der Waals surface area contributed by atoms with Crippen molar-refractivity contribution in [1.82, 2.24) is 0 Å². The Kier molecular flexibility index (Phi) is 3.25. The van der Waals surface area contributed by atoms with Gasteiger partial charge in [-0.2, -0.15) is 0 Å². The highest BCUT2D eigenvalue weighted by atomic mass is 16.1. The molecule has 1 unspecified atom stereocenters. The fourth-order valence-corrected chi connectivity index (χ4v) is 1.70. The van der Waals surface area contributed by atoms with Gasteiger partial charge in [-0.25, -0.2) is 0 Å². The molecule has 0 heterocycles. The van der Waals surface area contributed by atoms with Crippen molar-refractivity contribution in [2.24, 2.45) is 11.7 Å². The van der Waals surface area contributed by atoms with E-state index >= 15 is 0 Å². The van der Waals surface area contributed by atoms with Crippen molar-refractivity contribution in [3.63, 3.8) is 0 Å². The van der Waals surface area contributed by atoms with Gasteiger partial charge in [0.15, 0.2) is 0 Å². The number of nitrogens with two attached hydrogens (primary N) is 1. The summed E-state index contributed by atoms with van der Waals surface area (Å²) >= 11 is 0. The standard InChI is InChI=1S/C13H18N2O/c1-9(14)11-3-2-4-12(8-11)15-13(16)7-10-5-6-10/h2-4,8-10H,5-7,14H2,1H3,(H,15,16). The SMILES string of the molecule is CC(N)c1cccc(NC(=O)CC2CC2)c1. The van der Waals surface area contributed by atoms with Crippen LogP contribution in [0.1, 0.15) is 37.8 Å². The Hall–Kier alpha value is -1.35. The molecule has 1 aliphatic rings. The molecule has 1 atom stereocenters. The average Bonchev–Trinajstić information content (AvgIpc) is 3.01. The maximum atomic E-state index is 11.6. The smallest absolute Gasteiger partial charge is 0.224 e. The van der Waals surface area contributed by atoms with Gasteiger partial charge in [0, 0.05) is 18.2 Å². The molecule has 1 aromatic rings. The third-order valence-corrected chi connectivity index (χ3v) is 2.87. The quantitative estimate of drug-likeness (QED) is 0.815. The molecule has 1 aromatic carbocycles. The summed E-state index contributed by atoms with van der Waals surface area (Å²) in [6.07, 6.45) is 3.06. The predicted octanol–water partition coefficient (Wildman–Crippen LogP) is 2.44. The van der Waals surface area contributed by atoms with Crippen molar-refractivity contribution in [2.45, 2.75) is 32.2 Å². The van der Waals surface area contributed by atoms with E-state index in [1.54, 1.807) is 0 Å². The van der Waals surface area contributed by atoms with Crippen LogP contribution in [0.25, 0.3) is 0 Å². The van der Waals surface area contributed by atoms with E-state index in [9.17, 15) is 4.79 Å². The summed E-state index contributed by atoms with van der Waals surface area (Å²) in [6, 6.07) is 7.74. The summed E-state index contributed by atoms with van der Waals surface area (Å²) in [6.45, 7) is 1.94. The van der Waals surface area contributed by atoms with Crippen LogP contribution in [-0.2, 0) is 4.79 Å². The van der Waals surface area contributed by atoms with Gasteiger partial charge in [-0.15, -0.1) is 0 Å². The molecular formula is C13H18N2O. The van der Waals surface area contributed by atoms with Gasteiger partial charge >= 0.3 is 0 Å². The Morgan fingerprint density at radius 2 is 2.31 bits per heavy atom. The topological polar surface area (TPSA) is 55.1 Å². The Bertz CT molecular complexity index is 383. The first kappa shape index (κ1) is 11.1. The number of hydrogen-bond donors (Lipinski definition) is 2. The minimum atomic E-state index is 0.000263. The minimum Gasteiger partial charge on any atom is -0.326 e. The molecular weight excluding hydrogens is 200 g/mol. The highest BCUT2D eigenvalue weighted by molar-refractivity contribution is 5.91. The van der Waals surface area contributed by atoms with Crippen molar-refractivity contribution < 1.29 is 4.79 Å². The number of nitrogens with one attached hydrogen (secondary N) is 1. The largest absolute Gasteiger partial charge is 0.326 e. The number of carbonyl (C=O) groups excluding carboxylic acids is 1. The van der Waals surface area contributed by atoms with Crippen LogP contribution >= 0.6 is 0 Å². The third kappa shape index (κ3) is 3.07. The molecule has 86 valence electrons. The lowest BCUT2D eigenvalue weighted by Gasteiger charge is -2.09. The van der Waals surface area contributed by atoms with Crippen LogP contribution < -0.4 is 11.1 Å². The van der Waals surface area contributed by atoms with E-state index in [1.807, 2.05) is 31.2 Å². The molecule has 0 aliphatic heterocycles. The molecule has 1 amide bonds. The molecule has 0 spiro atoms. The number of anilines is 1. The number of benzene rings is 1. The van der Waals surface area contributed by atoms with E-state index in [1.165, 1.54) is 12.8 Å². The summed E-state index contributed by atoms with van der Waals surface area (Å²) in [4.78, 5) is 11.6. The normalized spacial score (nSPS) is 16.9. The summed E-state index contributed by atoms with van der Waals surface area (Å²) in [5.41, 5.74) is 7.68. The molecule has 0 saturated heterocycles. The van der Waals surface area contributed by atoms with Gasteiger partial charge in [-0.05, 0) is 43.4 Å². The van der Waals surface area contributed by atoms with E-state index in [-0.39, 0.29) is 11.9 Å². The first-order valence-corrected chi connectivity index (χ1v) is 5.80. The van der Waals surface area contributed by atoms with E-state index in [2.05, 4.69) is 5.32 Å². The fourth-order valence-electron chi connectivity index (χ4n) is 1.70. The zero-order valence-corrected chi connectivity index (χ0v) is 9.57. The Balaban J connectivity index is 1.97. The van der Waals surface area contributed by atoms with Gasteiger partial charge in [-0.1, -0.05) is 12.1 Å². The number of amides is 1. The van der Waals surface area contributed by atoms with Gasteiger partial charge in [0.2, 0.25) is 5.91 Å². The van der Waals surface area contributed by atoms with E-state index in [0.717, 1.165) is 11.3 Å². The Morgan fingerprint density at radius 3 is 2.94 bits per heavy atom. The monoisotopic (exact) mass is 218 g/mol. The molecule has 16 heavy (non-hydrogen) atoms. The van der Waals surface area contributed by atoms with Gasteiger partial charge in [0.25, 0.3) is 0 Å². The van der Waals surface area contributed by atoms with Crippen molar-refractivity contribution in [3.8, 4) is 0 Å². The van der Waals surface area contributed by atoms with Crippen LogP contribution in [0.5, 0.6) is 0 Å². The lowest BCUT2D eigenvalue weighted by Crippen LogP contribution is -2.12. The molecule has 0 bridgehead atoms. The van der Waals surface area contributed by atoms with Crippen LogP contribution in [0.4, 0.5) is 5.69 Å². The molecule has 1 aliphatic carbocycles. The summed E-state index contributed by atoms with van der Waals surface area (Å²) in [5, 5.41) is 2.91. The predicted molar refractivity (Wildman–Crippen MR) is 65.0 cm³/mol. The molecule has 2 rings (SSSR count). The Morgan fingerprint density at radius 1 is 1.56 bits per heavy atom. The second kappa shape index (κ2) is 4.66. The zero-order chi connectivity index (χ0) is 11.5. The van der Waals surface area contributed by atoms with Crippen LogP contribution in [-0.4, -0.2) is 5.91 Å². The number of hydrogen-bond acceptors (Lipinski definition) is 2. The van der Waals surface area contributed by atoms with E-state index in [4.69, 9.17) is 5.73 Å². The van der Waals surface area contributed by atoms with Crippen LogP contribution in [0.3, 0.4) is 0 Å². The van der Waals surface area contributed by atoms with Crippen molar-refractivity contribution in [1.29, 1.82) is 0 Å². The summed E-state index contributed by atoms with van der Waals surface area (Å²) in [7, 11) is 0. The van der Waals surface area contributed by atoms with Crippen molar-refractivity contribution in [2.75, 3.05) is 5.32 Å². The first-order valence-electron chi connectivity index (χ1n) is 5.80. The van der Waals surface area contributed by atoms with Crippen LogP contribution in [0, 0.1) is 5.92 Å². The van der Waals surface area contributed by atoms with E-state index < -0.39 is 0 Å².